The van der Waals surface area contributed by atoms with Gasteiger partial charge in [0, 0.05) is 11.3 Å². The van der Waals surface area contributed by atoms with Gasteiger partial charge in [-0.2, -0.15) is 5.10 Å². The fourth-order valence-corrected chi connectivity index (χ4v) is 3.79. The average Bonchev–Trinajstić information content (AvgIpc) is 3.24. The molecule has 34 heavy (non-hydrogen) atoms. The van der Waals surface area contributed by atoms with Crippen molar-refractivity contribution in [3.63, 3.8) is 0 Å². The van der Waals surface area contributed by atoms with Crippen molar-refractivity contribution in [3.8, 4) is 28.2 Å². The second-order valence-corrected chi connectivity index (χ2v) is 7.84. The Balaban J connectivity index is 1.94. The summed E-state index contributed by atoms with van der Waals surface area (Å²) in [6, 6.07) is 29.6. The maximum atomic E-state index is 12.2. The smallest absolute Gasteiger partial charge is 0.338 e. The summed E-state index contributed by atoms with van der Waals surface area (Å²) in [4.78, 5) is 12.2. The van der Waals surface area contributed by atoms with Crippen molar-refractivity contribution in [2.75, 3.05) is 6.61 Å². The summed E-state index contributed by atoms with van der Waals surface area (Å²) >= 11 is 4.88. The fourth-order valence-electron chi connectivity index (χ4n) is 3.74. The number of nitrogens with one attached hydrogen (secondary N) is 1. The molecule has 3 N–H and O–H groups in total. The number of benzene rings is 3. The second kappa shape index (κ2) is 10.6. The molecule has 0 bridgehead atoms. The molecule has 0 spiro atoms. The van der Waals surface area contributed by atoms with E-state index >= 15 is 0 Å². The Labute approximate surface area is 203 Å². The molecule has 0 atom stereocenters. The Bertz CT molecular complexity index is 1310. The van der Waals surface area contributed by atoms with Crippen LogP contribution in [0.25, 0.3) is 28.2 Å². The topological polar surface area (TPSA) is 81.6 Å². The van der Waals surface area contributed by atoms with Crippen molar-refractivity contribution in [2.45, 2.75) is 6.92 Å². The normalized spacial score (nSPS) is 10.9. The van der Waals surface area contributed by atoms with Gasteiger partial charge in [-0.1, -0.05) is 60.7 Å². The van der Waals surface area contributed by atoms with Crippen LogP contribution in [-0.4, -0.2) is 28.5 Å². The Hall–Kier alpha value is -4.23. The highest BCUT2D eigenvalue weighted by Gasteiger charge is 2.19. The molecule has 0 saturated heterocycles. The fraction of sp³-hybridized carbons (Fsp3) is 0.0741. The summed E-state index contributed by atoms with van der Waals surface area (Å²) in [5.41, 5.74) is 14.4. The maximum Gasteiger partial charge on any atom is 0.338 e. The number of carbonyl (C=O) groups excluding carboxylic acids is 1. The van der Waals surface area contributed by atoms with Crippen LogP contribution in [0.15, 0.2) is 96.1 Å². The van der Waals surface area contributed by atoms with Gasteiger partial charge in [0.25, 0.3) is 0 Å². The Morgan fingerprint density at radius 3 is 2.21 bits per heavy atom. The lowest BCUT2D eigenvalue weighted by Crippen LogP contribution is -2.24. The molecule has 170 valence electrons. The summed E-state index contributed by atoms with van der Waals surface area (Å²) in [6.45, 7) is 2.12. The standard InChI is InChI=1S/C27H24N4O2S/c1-2-33-26(32)21-13-15-23(16-14-21)31-24(19-9-5-3-6-10-19)17-22(18-29-30-27(28)34)25(31)20-11-7-4-8-12-20/h3-18H,2H2,1H3,(H3,28,30,34). The highest BCUT2D eigenvalue weighted by atomic mass is 32.1. The molecule has 0 aliphatic carbocycles. The van der Waals surface area contributed by atoms with Crippen LogP contribution in [-0.2, 0) is 4.74 Å². The Morgan fingerprint density at radius 2 is 1.62 bits per heavy atom. The van der Waals surface area contributed by atoms with E-state index in [4.69, 9.17) is 22.7 Å². The van der Waals surface area contributed by atoms with Crippen LogP contribution in [0.4, 0.5) is 0 Å². The van der Waals surface area contributed by atoms with E-state index in [9.17, 15) is 4.79 Å². The van der Waals surface area contributed by atoms with Gasteiger partial charge in [-0.25, -0.2) is 4.79 Å². The number of esters is 1. The lowest BCUT2D eigenvalue weighted by Gasteiger charge is -2.15. The SMILES string of the molecule is CCOC(=O)c1ccc(-n2c(-c3ccccc3)cc(C=NNC(N)=S)c2-c2ccccc2)cc1. The van der Waals surface area contributed by atoms with E-state index in [-0.39, 0.29) is 11.1 Å². The van der Waals surface area contributed by atoms with Crippen molar-refractivity contribution in [3.05, 3.63) is 102 Å². The van der Waals surface area contributed by atoms with Crippen LogP contribution < -0.4 is 11.2 Å². The maximum absolute atomic E-state index is 12.2. The quantitative estimate of drug-likeness (QED) is 0.170. The number of nitrogens with zero attached hydrogens (tertiary/aromatic N) is 2. The minimum absolute atomic E-state index is 0.0924. The van der Waals surface area contributed by atoms with E-state index < -0.39 is 0 Å². The van der Waals surface area contributed by atoms with Crippen molar-refractivity contribution < 1.29 is 9.53 Å². The van der Waals surface area contributed by atoms with Crippen LogP contribution >= 0.6 is 12.2 Å². The highest BCUT2D eigenvalue weighted by molar-refractivity contribution is 7.80. The van der Waals surface area contributed by atoms with Crippen molar-refractivity contribution in [2.24, 2.45) is 10.8 Å². The van der Waals surface area contributed by atoms with Gasteiger partial charge in [-0.15, -0.1) is 0 Å². The first-order chi connectivity index (χ1) is 16.6. The van der Waals surface area contributed by atoms with Gasteiger partial charge in [0.1, 0.15) is 0 Å². The van der Waals surface area contributed by atoms with Gasteiger partial charge in [0.05, 0.1) is 29.8 Å². The van der Waals surface area contributed by atoms with E-state index in [1.165, 1.54) is 0 Å². The summed E-state index contributed by atoms with van der Waals surface area (Å²) in [5.74, 6) is -0.343. The third kappa shape index (κ3) is 5.05. The number of aromatic nitrogens is 1. The van der Waals surface area contributed by atoms with E-state index in [1.807, 2.05) is 60.7 Å². The predicted molar refractivity (Wildman–Crippen MR) is 140 cm³/mol. The molecule has 0 saturated carbocycles. The molecule has 0 radical (unpaired) electrons. The molecule has 7 heteroatoms. The number of rotatable bonds is 7. The first-order valence-corrected chi connectivity index (χ1v) is 11.2. The molecule has 6 nitrogen and oxygen atoms in total. The molecule has 4 rings (SSSR count). The molecule has 1 heterocycles. The van der Waals surface area contributed by atoms with E-state index in [0.29, 0.717) is 12.2 Å². The molecule has 0 aliphatic heterocycles. The van der Waals surface area contributed by atoms with Gasteiger partial charge in [-0.05, 0) is 60.6 Å². The first kappa shape index (κ1) is 22.9. The molecular weight excluding hydrogens is 444 g/mol. The van der Waals surface area contributed by atoms with Crippen LogP contribution in [0.3, 0.4) is 0 Å². The number of hydrogen-bond donors (Lipinski definition) is 2. The molecule has 0 amide bonds. The van der Waals surface area contributed by atoms with E-state index in [1.54, 1.807) is 25.3 Å². The molecule has 4 aromatic rings. The molecular formula is C27H24N4O2S. The lowest BCUT2D eigenvalue weighted by molar-refractivity contribution is 0.0526. The number of carbonyl (C=O) groups is 1. The number of thiocarbonyl (C=S) groups is 1. The summed E-state index contributed by atoms with van der Waals surface area (Å²) in [7, 11) is 0. The zero-order valence-electron chi connectivity index (χ0n) is 18.6. The first-order valence-electron chi connectivity index (χ1n) is 10.8. The number of ether oxygens (including phenoxy) is 1. The van der Waals surface area contributed by atoms with Gasteiger partial charge < -0.3 is 15.0 Å². The van der Waals surface area contributed by atoms with E-state index in [2.05, 4.69) is 33.3 Å². The number of nitrogens with two attached hydrogens (primary N) is 1. The third-order valence-electron chi connectivity index (χ3n) is 5.16. The highest BCUT2D eigenvalue weighted by Crippen LogP contribution is 2.35. The van der Waals surface area contributed by atoms with Crippen molar-refractivity contribution in [1.29, 1.82) is 0 Å². The van der Waals surface area contributed by atoms with Crippen LogP contribution in [0.1, 0.15) is 22.8 Å². The van der Waals surface area contributed by atoms with Crippen LogP contribution in [0.5, 0.6) is 0 Å². The van der Waals surface area contributed by atoms with E-state index in [0.717, 1.165) is 33.8 Å². The van der Waals surface area contributed by atoms with Crippen LogP contribution in [0, 0.1) is 0 Å². The predicted octanol–water partition coefficient (Wildman–Crippen LogP) is 5.16. The minimum Gasteiger partial charge on any atom is -0.462 e. The molecule has 0 unspecified atom stereocenters. The number of hydrazone groups is 1. The zero-order valence-corrected chi connectivity index (χ0v) is 19.5. The van der Waals surface area contributed by atoms with Crippen LogP contribution in [0.2, 0.25) is 0 Å². The molecule has 1 aromatic heterocycles. The van der Waals surface area contributed by atoms with Crippen molar-refractivity contribution >= 4 is 29.5 Å². The van der Waals surface area contributed by atoms with Gasteiger partial charge in [0.15, 0.2) is 5.11 Å². The molecule has 3 aromatic carbocycles. The second-order valence-electron chi connectivity index (χ2n) is 7.40. The van der Waals surface area contributed by atoms with Crippen molar-refractivity contribution in [1.82, 2.24) is 9.99 Å². The lowest BCUT2D eigenvalue weighted by atomic mass is 10.1. The third-order valence-corrected chi connectivity index (χ3v) is 5.25. The summed E-state index contributed by atoms with van der Waals surface area (Å²) in [6.07, 6.45) is 1.71. The minimum atomic E-state index is -0.343. The Kier molecular flexibility index (Phi) is 7.15. The van der Waals surface area contributed by atoms with Gasteiger partial charge in [-0.3, -0.25) is 5.43 Å². The largest absolute Gasteiger partial charge is 0.462 e. The molecule has 0 fully saturated rings. The van der Waals surface area contributed by atoms with Gasteiger partial charge in [0.2, 0.25) is 0 Å². The van der Waals surface area contributed by atoms with Gasteiger partial charge >= 0.3 is 5.97 Å². The summed E-state index contributed by atoms with van der Waals surface area (Å²) < 4.78 is 7.29. The number of hydrogen-bond acceptors (Lipinski definition) is 4. The average molecular weight is 469 g/mol. The monoisotopic (exact) mass is 468 g/mol. The molecule has 0 aliphatic rings. The summed E-state index contributed by atoms with van der Waals surface area (Å²) in [5, 5.41) is 4.30. The Morgan fingerprint density at radius 1 is 1.00 bits per heavy atom. The zero-order chi connectivity index (χ0) is 23.9.